The number of ether oxygens (including phenoxy) is 1. The van der Waals surface area contributed by atoms with Crippen LogP contribution in [0.5, 0.6) is 0 Å². The SMILES string of the molecule is CC(C)OC(=O)CN1C(=O)/C(=C/c2ccc(C(C)(C)C)cc2)SC1=S. The van der Waals surface area contributed by atoms with Crippen LogP contribution in [-0.4, -0.2) is 33.7 Å². The van der Waals surface area contributed by atoms with Gasteiger partial charge in [-0.2, -0.15) is 0 Å². The summed E-state index contributed by atoms with van der Waals surface area (Å²) in [7, 11) is 0. The number of thiocarbonyl (C=S) groups is 1. The highest BCUT2D eigenvalue weighted by Crippen LogP contribution is 2.33. The number of nitrogens with zero attached hydrogens (tertiary/aromatic N) is 1. The first kappa shape index (κ1) is 19.7. The maximum atomic E-state index is 12.5. The zero-order chi connectivity index (χ0) is 18.8. The van der Waals surface area contributed by atoms with E-state index in [4.69, 9.17) is 17.0 Å². The van der Waals surface area contributed by atoms with E-state index in [2.05, 4.69) is 32.9 Å². The van der Waals surface area contributed by atoms with Gasteiger partial charge in [0.1, 0.15) is 10.9 Å². The molecule has 6 heteroatoms. The summed E-state index contributed by atoms with van der Waals surface area (Å²) in [6.07, 6.45) is 1.59. The van der Waals surface area contributed by atoms with Crippen LogP contribution in [0.4, 0.5) is 0 Å². The van der Waals surface area contributed by atoms with Gasteiger partial charge in [-0.25, -0.2) is 0 Å². The first-order valence-corrected chi connectivity index (χ1v) is 9.36. The molecule has 1 fully saturated rings. The van der Waals surface area contributed by atoms with Crippen molar-refractivity contribution in [3.05, 3.63) is 40.3 Å². The summed E-state index contributed by atoms with van der Waals surface area (Å²) in [6.45, 7) is 9.85. The summed E-state index contributed by atoms with van der Waals surface area (Å²) in [5.41, 5.74) is 2.24. The van der Waals surface area contributed by atoms with Crippen molar-refractivity contribution in [2.75, 3.05) is 6.54 Å². The number of esters is 1. The van der Waals surface area contributed by atoms with Gasteiger partial charge in [-0.15, -0.1) is 0 Å². The maximum absolute atomic E-state index is 12.5. The lowest BCUT2D eigenvalue weighted by Crippen LogP contribution is -2.35. The Morgan fingerprint density at radius 3 is 2.40 bits per heavy atom. The Morgan fingerprint density at radius 2 is 1.88 bits per heavy atom. The largest absolute Gasteiger partial charge is 0.462 e. The first-order chi connectivity index (χ1) is 11.6. The minimum atomic E-state index is -0.456. The zero-order valence-corrected chi connectivity index (χ0v) is 16.8. The van der Waals surface area contributed by atoms with Crippen molar-refractivity contribution < 1.29 is 14.3 Å². The van der Waals surface area contributed by atoms with Crippen LogP contribution < -0.4 is 0 Å². The minimum Gasteiger partial charge on any atom is -0.462 e. The molecule has 0 aromatic heterocycles. The molecule has 1 saturated heterocycles. The Balaban J connectivity index is 2.13. The molecule has 0 saturated carbocycles. The van der Waals surface area contributed by atoms with Crippen LogP contribution in [0.2, 0.25) is 0 Å². The molecule has 2 rings (SSSR count). The molecule has 0 bridgehead atoms. The molecule has 1 aromatic carbocycles. The summed E-state index contributed by atoms with van der Waals surface area (Å²) in [6, 6.07) is 8.10. The second-order valence-electron chi connectivity index (χ2n) is 7.18. The Kier molecular flexibility index (Phi) is 6.06. The molecule has 1 aliphatic heterocycles. The van der Waals surface area contributed by atoms with Crippen LogP contribution >= 0.6 is 24.0 Å². The first-order valence-electron chi connectivity index (χ1n) is 8.13. The summed E-state index contributed by atoms with van der Waals surface area (Å²) in [5, 5.41) is 0. The van der Waals surface area contributed by atoms with Gasteiger partial charge in [0.05, 0.1) is 11.0 Å². The van der Waals surface area contributed by atoms with Crippen molar-refractivity contribution in [3.8, 4) is 0 Å². The Bertz CT molecular complexity index is 715. The number of thioether (sulfide) groups is 1. The van der Waals surface area contributed by atoms with Crippen molar-refractivity contribution in [2.24, 2.45) is 0 Å². The molecule has 1 amide bonds. The Labute approximate surface area is 158 Å². The summed E-state index contributed by atoms with van der Waals surface area (Å²) in [5.74, 6) is -0.710. The van der Waals surface area contributed by atoms with Crippen molar-refractivity contribution in [1.29, 1.82) is 0 Å². The summed E-state index contributed by atoms with van der Waals surface area (Å²) >= 11 is 6.44. The summed E-state index contributed by atoms with van der Waals surface area (Å²) < 4.78 is 5.46. The second kappa shape index (κ2) is 7.70. The molecule has 1 aromatic rings. The molecule has 1 heterocycles. The molecule has 0 N–H and O–H groups in total. The van der Waals surface area contributed by atoms with Gasteiger partial charge in [-0.1, -0.05) is 69.0 Å². The molecular weight excluding hydrogens is 354 g/mol. The molecule has 0 unspecified atom stereocenters. The van der Waals surface area contributed by atoms with Crippen molar-refractivity contribution in [3.63, 3.8) is 0 Å². The highest BCUT2D eigenvalue weighted by Gasteiger charge is 2.33. The van der Waals surface area contributed by atoms with E-state index >= 15 is 0 Å². The topological polar surface area (TPSA) is 46.6 Å². The number of amides is 1. The van der Waals surface area contributed by atoms with Gasteiger partial charge in [-0.3, -0.25) is 14.5 Å². The van der Waals surface area contributed by atoms with Gasteiger partial charge in [0.2, 0.25) is 0 Å². The fraction of sp³-hybridized carbons (Fsp3) is 0.421. The van der Waals surface area contributed by atoms with Gasteiger partial charge < -0.3 is 4.74 Å². The lowest BCUT2D eigenvalue weighted by Gasteiger charge is -2.18. The monoisotopic (exact) mass is 377 g/mol. The smallest absolute Gasteiger partial charge is 0.326 e. The van der Waals surface area contributed by atoms with Gasteiger partial charge in [0.25, 0.3) is 5.91 Å². The van der Waals surface area contributed by atoms with E-state index in [-0.39, 0.29) is 24.0 Å². The van der Waals surface area contributed by atoms with Crippen LogP contribution in [0.15, 0.2) is 29.2 Å². The molecule has 25 heavy (non-hydrogen) atoms. The van der Waals surface area contributed by atoms with Crippen LogP contribution in [0.25, 0.3) is 6.08 Å². The Morgan fingerprint density at radius 1 is 1.28 bits per heavy atom. The van der Waals surface area contributed by atoms with E-state index in [9.17, 15) is 9.59 Å². The van der Waals surface area contributed by atoms with Crippen molar-refractivity contribution in [1.82, 2.24) is 4.90 Å². The molecule has 0 spiro atoms. The molecule has 1 aliphatic rings. The van der Waals surface area contributed by atoms with Gasteiger partial charge >= 0.3 is 5.97 Å². The number of carbonyl (C=O) groups is 2. The third kappa shape index (κ3) is 5.16. The average molecular weight is 378 g/mol. The van der Waals surface area contributed by atoms with Gasteiger partial charge in [0.15, 0.2) is 0 Å². The van der Waals surface area contributed by atoms with E-state index in [0.29, 0.717) is 9.23 Å². The van der Waals surface area contributed by atoms with Crippen LogP contribution in [0, 0.1) is 0 Å². The minimum absolute atomic E-state index is 0.0821. The predicted octanol–water partition coefficient (Wildman–Crippen LogP) is 4.14. The normalized spacial score (nSPS) is 16.9. The van der Waals surface area contributed by atoms with Crippen LogP contribution in [-0.2, 0) is 19.7 Å². The third-order valence-electron chi connectivity index (χ3n) is 3.60. The van der Waals surface area contributed by atoms with Gasteiger partial charge in [0, 0.05) is 0 Å². The highest BCUT2D eigenvalue weighted by molar-refractivity contribution is 8.26. The Hall–Kier alpha value is -1.66. The summed E-state index contributed by atoms with van der Waals surface area (Å²) in [4.78, 5) is 26.1. The maximum Gasteiger partial charge on any atom is 0.326 e. The molecule has 4 nitrogen and oxygen atoms in total. The molecule has 134 valence electrons. The van der Waals surface area contributed by atoms with Crippen molar-refractivity contribution >= 4 is 46.3 Å². The number of carbonyl (C=O) groups excluding carboxylic acids is 2. The number of benzene rings is 1. The molecule has 0 atom stereocenters. The molecule has 0 radical (unpaired) electrons. The van der Waals surface area contributed by atoms with E-state index in [1.807, 2.05) is 12.1 Å². The third-order valence-corrected chi connectivity index (χ3v) is 4.98. The fourth-order valence-electron chi connectivity index (χ4n) is 2.30. The van der Waals surface area contributed by atoms with E-state index < -0.39 is 5.97 Å². The van der Waals surface area contributed by atoms with Crippen LogP contribution in [0.3, 0.4) is 0 Å². The zero-order valence-electron chi connectivity index (χ0n) is 15.2. The fourth-order valence-corrected chi connectivity index (χ4v) is 3.55. The van der Waals surface area contributed by atoms with E-state index in [0.717, 1.165) is 5.56 Å². The van der Waals surface area contributed by atoms with E-state index in [1.54, 1.807) is 19.9 Å². The van der Waals surface area contributed by atoms with Gasteiger partial charge in [-0.05, 0) is 36.5 Å². The lowest BCUT2D eigenvalue weighted by molar-refractivity contribution is -0.149. The molecule has 0 aliphatic carbocycles. The second-order valence-corrected chi connectivity index (χ2v) is 8.85. The standard InChI is InChI=1S/C19H23NO3S2/c1-12(2)23-16(21)11-20-17(22)15(25-18(20)24)10-13-6-8-14(9-7-13)19(3,4)5/h6-10,12H,11H2,1-5H3/b15-10-. The number of hydrogen-bond acceptors (Lipinski definition) is 5. The predicted molar refractivity (Wildman–Crippen MR) is 106 cm³/mol. The molecular formula is C19H23NO3S2. The van der Waals surface area contributed by atoms with Crippen molar-refractivity contribution in [2.45, 2.75) is 46.1 Å². The lowest BCUT2D eigenvalue weighted by atomic mass is 9.87. The van der Waals surface area contributed by atoms with Crippen LogP contribution in [0.1, 0.15) is 45.7 Å². The highest BCUT2D eigenvalue weighted by atomic mass is 32.2. The number of hydrogen-bond donors (Lipinski definition) is 0. The quantitative estimate of drug-likeness (QED) is 0.448. The number of rotatable bonds is 4. The van der Waals surface area contributed by atoms with E-state index in [1.165, 1.54) is 22.2 Å². The average Bonchev–Trinajstić information content (AvgIpc) is 2.74.